The van der Waals surface area contributed by atoms with Crippen LogP contribution in [0.15, 0.2) is 65.6 Å². The molecule has 1 N–H and O–H groups in total. The summed E-state index contributed by atoms with van der Waals surface area (Å²) >= 11 is 0. The molecule has 0 aromatic heterocycles. The van der Waals surface area contributed by atoms with Crippen LogP contribution in [0.3, 0.4) is 0 Å². The average molecular weight is 410 g/mol. The molecule has 0 aliphatic heterocycles. The highest BCUT2D eigenvalue weighted by Crippen LogP contribution is 2.30. The number of benzene rings is 3. The highest BCUT2D eigenvalue weighted by Gasteiger charge is 2.26. The van der Waals surface area contributed by atoms with Gasteiger partial charge in [0.05, 0.1) is 18.0 Å². The summed E-state index contributed by atoms with van der Waals surface area (Å²) in [6.45, 7) is 7.67. The Balaban J connectivity index is 2.10. The third-order valence-electron chi connectivity index (χ3n) is 5.12. The Morgan fingerprint density at radius 1 is 0.828 bits per heavy atom. The van der Waals surface area contributed by atoms with Crippen molar-refractivity contribution in [2.45, 2.75) is 38.6 Å². The van der Waals surface area contributed by atoms with Gasteiger partial charge in [-0.25, -0.2) is 8.42 Å². The lowest BCUT2D eigenvalue weighted by molar-refractivity contribution is 0.411. The van der Waals surface area contributed by atoms with E-state index in [1.807, 2.05) is 63.2 Å². The minimum absolute atomic E-state index is 0.265. The molecule has 0 heterocycles. The van der Waals surface area contributed by atoms with Crippen LogP contribution in [-0.2, 0) is 10.0 Å². The van der Waals surface area contributed by atoms with Crippen LogP contribution < -0.4 is 9.46 Å². The molecular formula is C24H27NO3S. The van der Waals surface area contributed by atoms with Crippen molar-refractivity contribution in [2.24, 2.45) is 0 Å². The van der Waals surface area contributed by atoms with E-state index in [1.165, 1.54) is 0 Å². The molecule has 3 rings (SSSR count). The lowest BCUT2D eigenvalue weighted by Crippen LogP contribution is -2.30. The summed E-state index contributed by atoms with van der Waals surface area (Å²) in [6, 6.07) is 18.7. The summed E-state index contributed by atoms with van der Waals surface area (Å²) in [4.78, 5) is 0.265. The first-order valence-corrected chi connectivity index (χ1v) is 11.0. The van der Waals surface area contributed by atoms with Crippen molar-refractivity contribution in [3.8, 4) is 5.75 Å². The highest BCUT2D eigenvalue weighted by molar-refractivity contribution is 7.89. The number of hydrogen-bond acceptors (Lipinski definition) is 3. The molecule has 3 aromatic carbocycles. The molecule has 0 aliphatic carbocycles. The number of nitrogens with one attached hydrogen (secondary N) is 1. The van der Waals surface area contributed by atoms with Gasteiger partial charge >= 0.3 is 0 Å². The van der Waals surface area contributed by atoms with E-state index in [4.69, 9.17) is 4.74 Å². The summed E-state index contributed by atoms with van der Waals surface area (Å²) in [5, 5.41) is 0. The maximum atomic E-state index is 13.4. The van der Waals surface area contributed by atoms with Crippen LogP contribution in [0.25, 0.3) is 0 Å². The summed E-state index contributed by atoms with van der Waals surface area (Å²) in [6.07, 6.45) is 0. The predicted molar refractivity (Wildman–Crippen MR) is 117 cm³/mol. The minimum atomic E-state index is -3.77. The van der Waals surface area contributed by atoms with E-state index in [0.29, 0.717) is 11.3 Å². The van der Waals surface area contributed by atoms with Crippen LogP contribution in [0.2, 0.25) is 0 Å². The Kier molecular flexibility index (Phi) is 6.10. The van der Waals surface area contributed by atoms with Crippen molar-refractivity contribution >= 4 is 10.0 Å². The molecule has 0 amide bonds. The number of sulfonamides is 1. The Morgan fingerprint density at radius 3 is 2.14 bits per heavy atom. The summed E-state index contributed by atoms with van der Waals surface area (Å²) < 4.78 is 35.0. The van der Waals surface area contributed by atoms with Gasteiger partial charge in [0.25, 0.3) is 0 Å². The van der Waals surface area contributed by atoms with E-state index in [1.54, 1.807) is 26.2 Å². The normalized spacial score (nSPS) is 12.6. The number of rotatable bonds is 6. The fourth-order valence-corrected chi connectivity index (χ4v) is 5.11. The monoisotopic (exact) mass is 409 g/mol. The molecule has 0 radical (unpaired) electrons. The molecule has 0 spiro atoms. The lowest BCUT2D eigenvalue weighted by Gasteiger charge is -2.23. The van der Waals surface area contributed by atoms with Gasteiger partial charge in [-0.1, -0.05) is 54.1 Å². The van der Waals surface area contributed by atoms with Crippen LogP contribution in [0.4, 0.5) is 0 Å². The smallest absolute Gasteiger partial charge is 0.241 e. The molecule has 0 bridgehead atoms. The summed E-state index contributed by atoms with van der Waals surface area (Å²) in [5.74, 6) is 0.676. The number of aryl methyl sites for hydroxylation is 4. The lowest BCUT2D eigenvalue weighted by atomic mass is 9.95. The van der Waals surface area contributed by atoms with E-state index in [-0.39, 0.29) is 4.90 Å². The SMILES string of the molecule is COc1cc(C)c(S(=O)(=O)N[C@@H](c2ccccc2)c2ccc(C)cc2C)cc1C. The zero-order valence-electron chi connectivity index (χ0n) is 17.5. The Morgan fingerprint density at radius 2 is 1.52 bits per heavy atom. The number of hydrogen-bond donors (Lipinski definition) is 1. The Hall–Kier alpha value is -2.63. The zero-order valence-corrected chi connectivity index (χ0v) is 18.3. The number of methoxy groups -OCH3 is 1. The molecule has 0 aliphatic rings. The molecule has 29 heavy (non-hydrogen) atoms. The van der Waals surface area contributed by atoms with Gasteiger partial charge < -0.3 is 4.74 Å². The molecule has 1 atom stereocenters. The molecule has 3 aromatic rings. The highest BCUT2D eigenvalue weighted by atomic mass is 32.2. The third kappa shape index (κ3) is 4.52. The first-order chi connectivity index (χ1) is 13.7. The quantitative estimate of drug-likeness (QED) is 0.623. The second-order valence-electron chi connectivity index (χ2n) is 7.41. The average Bonchev–Trinajstić information content (AvgIpc) is 2.68. The van der Waals surface area contributed by atoms with Gasteiger partial charge in [-0.15, -0.1) is 0 Å². The van der Waals surface area contributed by atoms with E-state index >= 15 is 0 Å². The van der Waals surface area contributed by atoms with Crippen LogP contribution in [0.1, 0.15) is 39.4 Å². The maximum absolute atomic E-state index is 13.4. The summed E-state index contributed by atoms with van der Waals surface area (Å²) in [5.41, 5.74) is 5.44. The van der Waals surface area contributed by atoms with Gasteiger partial charge in [0, 0.05) is 0 Å². The first kappa shape index (κ1) is 21.1. The fourth-order valence-electron chi connectivity index (χ4n) is 3.60. The first-order valence-electron chi connectivity index (χ1n) is 9.52. The molecule has 0 unspecified atom stereocenters. The minimum Gasteiger partial charge on any atom is -0.496 e. The largest absolute Gasteiger partial charge is 0.496 e. The predicted octanol–water partition coefficient (Wildman–Crippen LogP) is 5.00. The molecule has 5 heteroatoms. The number of ether oxygens (including phenoxy) is 1. The van der Waals surface area contributed by atoms with Crippen molar-refractivity contribution in [1.82, 2.24) is 4.72 Å². The van der Waals surface area contributed by atoms with E-state index in [0.717, 1.165) is 27.8 Å². The standard InChI is InChI=1S/C24H27NO3S/c1-16-11-12-21(17(2)13-16)24(20-9-7-6-8-10-20)25-29(26,27)23-15-18(3)22(28-5)14-19(23)4/h6-15,24-25H,1-5H3/t24-/m0/s1. The zero-order chi connectivity index (χ0) is 21.2. The molecular weight excluding hydrogens is 382 g/mol. The van der Waals surface area contributed by atoms with E-state index < -0.39 is 16.1 Å². The molecule has 152 valence electrons. The van der Waals surface area contributed by atoms with Crippen molar-refractivity contribution < 1.29 is 13.2 Å². The van der Waals surface area contributed by atoms with Crippen LogP contribution in [0.5, 0.6) is 5.75 Å². The van der Waals surface area contributed by atoms with Gasteiger partial charge in [-0.05, 0) is 67.6 Å². The molecule has 0 saturated carbocycles. The Bertz CT molecular complexity index is 1120. The van der Waals surface area contributed by atoms with Crippen molar-refractivity contribution in [1.29, 1.82) is 0 Å². The van der Waals surface area contributed by atoms with Gasteiger partial charge in [0.1, 0.15) is 5.75 Å². The Labute approximate surface area is 173 Å². The van der Waals surface area contributed by atoms with Crippen molar-refractivity contribution in [3.05, 3.63) is 94.0 Å². The van der Waals surface area contributed by atoms with Gasteiger partial charge in [-0.2, -0.15) is 4.72 Å². The summed E-state index contributed by atoms with van der Waals surface area (Å²) in [7, 11) is -2.18. The third-order valence-corrected chi connectivity index (χ3v) is 6.69. The van der Waals surface area contributed by atoms with Gasteiger partial charge in [0.15, 0.2) is 0 Å². The van der Waals surface area contributed by atoms with E-state index in [9.17, 15) is 8.42 Å². The second kappa shape index (κ2) is 8.39. The van der Waals surface area contributed by atoms with Crippen molar-refractivity contribution in [3.63, 3.8) is 0 Å². The molecule has 4 nitrogen and oxygen atoms in total. The van der Waals surface area contributed by atoms with Crippen molar-refractivity contribution in [2.75, 3.05) is 7.11 Å². The topological polar surface area (TPSA) is 55.4 Å². The maximum Gasteiger partial charge on any atom is 0.241 e. The van der Waals surface area contributed by atoms with Gasteiger partial charge in [0.2, 0.25) is 10.0 Å². The second-order valence-corrected chi connectivity index (χ2v) is 9.09. The van der Waals surface area contributed by atoms with Gasteiger partial charge in [-0.3, -0.25) is 0 Å². The molecule has 0 saturated heterocycles. The van der Waals surface area contributed by atoms with Crippen LogP contribution in [-0.4, -0.2) is 15.5 Å². The van der Waals surface area contributed by atoms with Crippen LogP contribution in [0, 0.1) is 27.7 Å². The van der Waals surface area contributed by atoms with Crippen LogP contribution >= 0.6 is 0 Å². The van der Waals surface area contributed by atoms with E-state index in [2.05, 4.69) is 10.8 Å². The fraction of sp³-hybridized carbons (Fsp3) is 0.250. The molecule has 0 fully saturated rings.